The number of carbonyl (C=O) groups excluding carboxylic acids is 1. The Morgan fingerprint density at radius 2 is 2.16 bits per heavy atom. The largest absolute Gasteiger partial charge is 0.493 e. The zero-order valence-electron chi connectivity index (χ0n) is 20.9. The van der Waals surface area contributed by atoms with Gasteiger partial charge < -0.3 is 34.6 Å². The molecular weight excluding hydrogens is 496 g/mol. The number of nitrogens with zero attached hydrogens (tertiary/aromatic N) is 1. The van der Waals surface area contributed by atoms with Crippen LogP contribution in [0.3, 0.4) is 0 Å². The molecule has 0 bridgehead atoms. The molecule has 3 atom stereocenters. The first kappa shape index (κ1) is 24.1. The first-order chi connectivity index (χ1) is 17.8. The summed E-state index contributed by atoms with van der Waals surface area (Å²) in [5.41, 5.74) is 3.99. The standard InChI is InChI=1S/C27H29ClN4O5/c1-27(2)13-36-14(12-37-27)11-35-20-10-29-8-7-15(20)23-24(30-18-6-4-5-17(28)25(18)34-3)21-22(32-23)16-9-19(16)31-26(21)33/h4-8,10,14,16,19,30,32H,9,11-13H2,1-3H3,(H,31,33)/t14-,16?,19?/m0/s1. The third-order valence-electron chi connectivity index (χ3n) is 6.97. The molecule has 3 N–H and O–H groups in total. The molecule has 2 aliphatic heterocycles. The van der Waals surface area contributed by atoms with E-state index in [1.54, 1.807) is 25.6 Å². The molecule has 1 saturated carbocycles. The highest BCUT2D eigenvalue weighted by Gasteiger charge is 2.48. The van der Waals surface area contributed by atoms with Crippen molar-refractivity contribution in [3.05, 3.63) is 52.9 Å². The van der Waals surface area contributed by atoms with Crippen LogP contribution >= 0.6 is 11.6 Å². The lowest BCUT2D eigenvalue weighted by atomic mass is 10.0. The maximum absolute atomic E-state index is 13.2. The Hall–Kier alpha value is -3.27. The predicted octanol–water partition coefficient (Wildman–Crippen LogP) is 4.65. The van der Waals surface area contributed by atoms with Gasteiger partial charge in [0.05, 0.1) is 59.8 Å². The lowest BCUT2D eigenvalue weighted by Crippen LogP contribution is -2.44. The van der Waals surface area contributed by atoms with Crippen LogP contribution in [0.4, 0.5) is 11.4 Å². The van der Waals surface area contributed by atoms with Crippen molar-refractivity contribution < 1.29 is 23.7 Å². The predicted molar refractivity (Wildman–Crippen MR) is 139 cm³/mol. The number of amides is 1. The van der Waals surface area contributed by atoms with Crippen LogP contribution < -0.4 is 20.1 Å². The molecule has 2 fully saturated rings. The van der Waals surface area contributed by atoms with Gasteiger partial charge in [0, 0.05) is 29.4 Å². The minimum absolute atomic E-state index is 0.119. The highest BCUT2D eigenvalue weighted by atomic mass is 35.5. The number of benzene rings is 1. The van der Waals surface area contributed by atoms with E-state index >= 15 is 0 Å². The Bertz CT molecular complexity index is 1350. The number of hydrogen-bond donors (Lipinski definition) is 3. The maximum atomic E-state index is 13.2. The van der Waals surface area contributed by atoms with Crippen LogP contribution in [0.5, 0.6) is 11.5 Å². The van der Waals surface area contributed by atoms with E-state index in [1.165, 1.54) is 0 Å². The van der Waals surface area contributed by atoms with E-state index in [-0.39, 0.29) is 29.6 Å². The molecule has 3 aliphatic rings. The number of nitrogens with one attached hydrogen (secondary N) is 3. The van der Waals surface area contributed by atoms with Crippen LogP contribution in [0.1, 0.15) is 42.2 Å². The topological polar surface area (TPSA) is 107 Å². The summed E-state index contributed by atoms with van der Waals surface area (Å²) in [4.78, 5) is 21.0. The fraction of sp³-hybridized carbons (Fsp3) is 0.407. The summed E-state index contributed by atoms with van der Waals surface area (Å²) in [5.74, 6) is 1.20. The summed E-state index contributed by atoms with van der Waals surface area (Å²) in [6.45, 7) is 5.26. The fourth-order valence-electron chi connectivity index (χ4n) is 4.93. The molecule has 37 heavy (non-hydrogen) atoms. The van der Waals surface area contributed by atoms with E-state index in [0.29, 0.717) is 53.3 Å². The van der Waals surface area contributed by atoms with Gasteiger partial charge in [0.25, 0.3) is 5.91 Å². The van der Waals surface area contributed by atoms with Crippen molar-refractivity contribution in [3.63, 3.8) is 0 Å². The molecule has 1 aliphatic carbocycles. The van der Waals surface area contributed by atoms with Crippen LogP contribution in [0.25, 0.3) is 11.3 Å². The van der Waals surface area contributed by atoms with Crippen LogP contribution in [-0.2, 0) is 9.47 Å². The summed E-state index contributed by atoms with van der Waals surface area (Å²) in [7, 11) is 1.56. The summed E-state index contributed by atoms with van der Waals surface area (Å²) >= 11 is 6.38. The zero-order valence-corrected chi connectivity index (χ0v) is 21.6. The van der Waals surface area contributed by atoms with Crippen molar-refractivity contribution in [3.8, 4) is 22.8 Å². The Labute approximate surface area is 219 Å². The summed E-state index contributed by atoms with van der Waals surface area (Å²) in [6, 6.07) is 7.49. The smallest absolute Gasteiger partial charge is 0.255 e. The Morgan fingerprint density at radius 1 is 1.30 bits per heavy atom. The number of hydrogen-bond acceptors (Lipinski definition) is 7. The lowest BCUT2D eigenvalue weighted by Gasteiger charge is -2.34. The number of fused-ring (bicyclic) bond motifs is 3. The van der Waals surface area contributed by atoms with Gasteiger partial charge in [-0.15, -0.1) is 0 Å². The Kier molecular flexibility index (Phi) is 6.01. The molecule has 3 aromatic rings. The SMILES string of the molecule is COc1c(Cl)cccc1Nc1c(-c2ccncc2OC[C@H]2COC(C)(C)CO2)[nH]c2c1C(=O)NC1CC21. The normalized spacial score (nSPS) is 23.5. The monoisotopic (exact) mass is 524 g/mol. The molecule has 1 amide bonds. The molecule has 1 saturated heterocycles. The van der Waals surface area contributed by atoms with Gasteiger partial charge in [-0.05, 0) is 38.5 Å². The first-order valence-electron chi connectivity index (χ1n) is 12.3. The number of pyridine rings is 1. The van der Waals surface area contributed by atoms with E-state index in [1.807, 2.05) is 32.0 Å². The van der Waals surface area contributed by atoms with Gasteiger partial charge in [0.15, 0.2) is 5.75 Å². The first-order valence-corrected chi connectivity index (χ1v) is 12.7. The van der Waals surface area contributed by atoms with E-state index < -0.39 is 0 Å². The number of anilines is 2. The van der Waals surface area contributed by atoms with Crippen molar-refractivity contribution in [1.82, 2.24) is 15.3 Å². The summed E-state index contributed by atoms with van der Waals surface area (Å²) in [6.07, 6.45) is 4.10. The third-order valence-corrected chi connectivity index (χ3v) is 7.27. The number of halogens is 1. The number of carbonyl (C=O) groups is 1. The molecule has 1 aromatic carbocycles. The summed E-state index contributed by atoms with van der Waals surface area (Å²) < 4.78 is 23.6. The van der Waals surface area contributed by atoms with Crippen molar-refractivity contribution in [2.45, 2.75) is 43.9 Å². The number of ether oxygens (including phenoxy) is 4. The number of aromatic nitrogens is 2. The van der Waals surface area contributed by atoms with Gasteiger partial charge in [-0.2, -0.15) is 0 Å². The van der Waals surface area contributed by atoms with E-state index in [0.717, 1.165) is 23.4 Å². The van der Waals surface area contributed by atoms with Gasteiger partial charge in [-0.1, -0.05) is 17.7 Å². The lowest BCUT2D eigenvalue weighted by molar-refractivity contribution is -0.181. The zero-order chi connectivity index (χ0) is 25.7. The number of H-pyrrole nitrogens is 1. The second kappa shape index (κ2) is 9.24. The number of methoxy groups -OCH3 is 1. The maximum Gasteiger partial charge on any atom is 0.255 e. The van der Waals surface area contributed by atoms with Gasteiger partial charge in [0.2, 0.25) is 0 Å². The van der Waals surface area contributed by atoms with E-state index in [2.05, 4.69) is 20.6 Å². The number of rotatable bonds is 7. The van der Waals surface area contributed by atoms with Gasteiger partial charge in [-0.25, -0.2) is 0 Å². The van der Waals surface area contributed by atoms with Gasteiger partial charge in [-0.3, -0.25) is 9.78 Å². The van der Waals surface area contributed by atoms with Crippen molar-refractivity contribution >= 4 is 28.9 Å². The van der Waals surface area contributed by atoms with Crippen molar-refractivity contribution in [1.29, 1.82) is 0 Å². The van der Waals surface area contributed by atoms with E-state index in [9.17, 15) is 4.79 Å². The summed E-state index contributed by atoms with van der Waals surface area (Å²) in [5, 5.41) is 7.00. The highest BCUT2D eigenvalue weighted by molar-refractivity contribution is 6.32. The fourth-order valence-corrected chi connectivity index (χ4v) is 5.18. The Morgan fingerprint density at radius 3 is 2.95 bits per heavy atom. The van der Waals surface area contributed by atoms with Crippen molar-refractivity contribution in [2.75, 3.05) is 32.2 Å². The second-order valence-electron chi connectivity index (χ2n) is 10.2. The van der Waals surface area contributed by atoms with E-state index in [4.69, 9.17) is 30.5 Å². The average molecular weight is 525 g/mol. The average Bonchev–Trinajstić information content (AvgIpc) is 3.55. The quantitative estimate of drug-likeness (QED) is 0.413. The molecule has 194 valence electrons. The molecule has 2 unspecified atom stereocenters. The molecule has 2 aromatic heterocycles. The van der Waals surface area contributed by atoms with Crippen LogP contribution in [0.2, 0.25) is 5.02 Å². The molecule has 6 rings (SSSR count). The molecule has 9 nitrogen and oxygen atoms in total. The molecular formula is C27H29ClN4O5. The van der Waals surface area contributed by atoms with Crippen LogP contribution in [-0.4, -0.2) is 60.6 Å². The second-order valence-corrected chi connectivity index (χ2v) is 10.6. The molecule has 0 spiro atoms. The van der Waals surface area contributed by atoms with Gasteiger partial charge >= 0.3 is 0 Å². The van der Waals surface area contributed by atoms with Gasteiger partial charge in [0.1, 0.15) is 18.5 Å². The molecule has 0 radical (unpaired) electrons. The van der Waals surface area contributed by atoms with Crippen molar-refractivity contribution in [2.24, 2.45) is 0 Å². The minimum Gasteiger partial charge on any atom is -0.493 e. The number of aromatic amines is 1. The minimum atomic E-state index is -0.303. The third kappa shape index (κ3) is 4.52. The molecule has 4 heterocycles. The number of para-hydroxylation sites is 1. The van der Waals surface area contributed by atoms with Crippen LogP contribution in [0, 0.1) is 0 Å². The van der Waals surface area contributed by atoms with Crippen LogP contribution in [0.15, 0.2) is 36.7 Å². The molecule has 10 heteroatoms. The highest BCUT2D eigenvalue weighted by Crippen LogP contribution is 2.51. The Balaban J connectivity index is 1.37.